The maximum atomic E-state index is 13.6. The van der Waals surface area contributed by atoms with E-state index < -0.39 is 0 Å². The summed E-state index contributed by atoms with van der Waals surface area (Å²) in [5.41, 5.74) is 3.85. The number of amides is 1. The largest absolute Gasteiger partial charge is 0.350 e. The Morgan fingerprint density at radius 2 is 1.91 bits per heavy atom. The molecule has 1 aliphatic rings. The fourth-order valence-electron chi connectivity index (χ4n) is 4.61. The Morgan fingerprint density at radius 1 is 1.12 bits per heavy atom. The maximum absolute atomic E-state index is 13.6. The van der Waals surface area contributed by atoms with Gasteiger partial charge < -0.3 is 10.2 Å². The van der Waals surface area contributed by atoms with Crippen molar-refractivity contribution in [3.63, 3.8) is 0 Å². The van der Waals surface area contributed by atoms with E-state index >= 15 is 0 Å². The highest BCUT2D eigenvalue weighted by Gasteiger charge is 2.32. The number of imidazole rings is 1. The molecule has 5 rings (SSSR count). The second kappa shape index (κ2) is 7.99. The summed E-state index contributed by atoms with van der Waals surface area (Å²) in [5.74, 6) is 0.0779. The lowest BCUT2D eigenvalue weighted by atomic mass is 10.1. The maximum Gasteiger partial charge on any atom is 0.328 e. The molecule has 33 heavy (non-hydrogen) atoms. The van der Waals surface area contributed by atoms with Crippen molar-refractivity contribution in [3.8, 4) is 0 Å². The zero-order chi connectivity index (χ0) is 23.3. The average Bonchev–Trinajstić information content (AvgIpc) is 3.38. The van der Waals surface area contributed by atoms with Gasteiger partial charge in [-0.25, -0.2) is 19.2 Å². The molecule has 1 amide bonds. The molecule has 4 aromatic rings. The number of carbonyl (C=O) groups is 1. The van der Waals surface area contributed by atoms with Gasteiger partial charge in [-0.3, -0.25) is 13.9 Å². The molecule has 0 bridgehead atoms. The summed E-state index contributed by atoms with van der Waals surface area (Å²) in [4.78, 5) is 36.3. The molecule has 2 aromatic heterocycles. The number of fused-ring (bicyclic) bond motifs is 2. The first kappa shape index (κ1) is 21.1. The Hall–Kier alpha value is -3.75. The highest BCUT2D eigenvalue weighted by Crippen LogP contribution is 2.26. The molecule has 1 saturated heterocycles. The lowest BCUT2D eigenvalue weighted by molar-refractivity contribution is -0.122. The third-order valence-corrected chi connectivity index (χ3v) is 6.45. The third-order valence-electron chi connectivity index (χ3n) is 6.45. The first-order valence-electron chi connectivity index (χ1n) is 11.0. The SMILES string of the molecule is Cc1nc(N2CCCC2C(=O)NCc2ccc3c(c2)n(C)c(=O)n3C)nc2ccc(F)cc12. The third kappa shape index (κ3) is 3.63. The summed E-state index contributed by atoms with van der Waals surface area (Å²) < 4.78 is 16.8. The van der Waals surface area contributed by atoms with Gasteiger partial charge >= 0.3 is 5.69 Å². The van der Waals surface area contributed by atoms with E-state index in [1.165, 1.54) is 12.1 Å². The summed E-state index contributed by atoms with van der Waals surface area (Å²) in [7, 11) is 3.48. The van der Waals surface area contributed by atoms with Crippen LogP contribution < -0.4 is 15.9 Å². The van der Waals surface area contributed by atoms with Crippen molar-refractivity contribution in [3.05, 3.63) is 64.0 Å². The van der Waals surface area contributed by atoms with Gasteiger partial charge in [0.25, 0.3) is 0 Å². The van der Waals surface area contributed by atoms with E-state index in [2.05, 4.69) is 15.3 Å². The van der Waals surface area contributed by atoms with Crippen molar-refractivity contribution in [1.29, 1.82) is 0 Å². The number of benzene rings is 2. The predicted octanol–water partition coefficient (Wildman–Crippen LogP) is 2.55. The van der Waals surface area contributed by atoms with Gasteiger partial charge in [0.15, 0.2) is 0 Å². The van der Waals surface area contributed by atoms with E-state index in [1.807, 2.05) is 30.0 Å². The fourth-order valence-corrected chi connectivity index (χ4v) is 4.61. The summed E-state index contributed by atoms with van der Waals surface area (Å²) in [5, 5.41) is 3.70. The van der Waals surface area contributed by atoms with Crippen LogP contribution in [0.2, 0.25) is 0 Å². The van der Waals surface area contributed by atoms with Crippen molar-refractivity contribution in [1.82, 2.24) is 24.4 Å². The molecule has 1 unspecified atom stereocenters. The lowest BCUT2D eigenvalue weighted by Crippen LogP contribution is -2.43. The highest BCUT2D eigenvalue weighted by molar-refractivity contribution is 5.87. The Kier molecular flexibility index (Phi) is 5.11. The van der Waals surface area contributed by atoms with E-state index in [0.717, 1.165) is 23.0 Å². The number of nitrogens with zero attached hydrogens (tertiary/aromatic N) is 5. The smallest absolute Gasteiger partial charge is 0.328 e. The number of nitrogens with one attached hydrogen (secondary N) is 1. The van der Waals surface area contributed by atoms with Crippen LogP contribution in [0.15, 0.2) is 41.2 Å². The zero-order valence-corrected chi connectivity index (χ0v) is 18.8. The normalized spacial score (nSPS) is 16.1. The van der Waals surface area contributed by atoms with Gasteiger partial charge in [-0.05, 0) is 55.7 Å². The number of hydrogen-bond donors (Lipinski definition) is 1. The summed E-state index contributed by atoms with van der Waals surface area (Å²) in [6.45, 7) is 2.87. The number of hydrogen-bond acceptors (Lipinski definition) is 5. The average molecular weight is 449 g/mol. The van der Waals surface area contributed by atoms with Gasteiger partial charge in [-0.1, -0.05) is 6.07 Å². The molecule has 8 nitrogen and oxygen atoms in total. The zero-order valence-electron chi connectivity index (χ0n) is 18.8. The molecule has 0 radical (unpaired) electrons. The van der Waals surface area contributed by atoms with Crippen LogP contribution in [-0.2, 0) is 25.4 Å². The van der Waals surface area contributed by atoms with E-state index in [-0.39, 0.29) is 23.5 Å². The van der Waals surface area contributed by atoms with Crippen LogP contribution >= 0.6 is 0 Å². The molecule has 1 N–H and O–H groups in total. The second-order valence-corrected chi connectivity index (χ2v) is 8.56. The lowest BCUT2D eigenvalue weighted by Gasteiger charge is -2.24. The van der Waals surface area contributed by atoms with Crippen molar-refractivity contribution in [2.24, 2.45) is 14.1 Å². The van der Waals surface area contributed by atoms with E-state index in [4.69, 9.17) is 0 Å². The topological polar surface area (TPSA) is 85.0 Å². The van der Waals surface area contributed by atoms with Crippen LogP contribution in [0, 0.1) is 12.7 Å². The van der Waals surface area contributed by atoms with Crippen LogP contribution in [0.25, 0.3) is 21.9 Å². The van der Waals surface area contributed by atoms with Gasteiger partial charge in [-0.2, -0.15) is 0 Å². The Labute approximate surface area is 189 Å². The van der Waals surface area contributed by atoms with Crippen LogP contribution in [-0.4, -0.2) is 37.6 Å². The van der Waals surface area contributed by atoms with Crippen molar-refractivity contribution in [2.75, 3.05) is 11.4 Å². The van der Waals surface area contributed by atoms with Crippen LogP contribution in [0.3, 0.4) is 0 Å². The molecule has 170 valence electrons. The Bertz CT molecular complexity index is 1460. The van der Waals surface area contributed by atoms with Crippen molar-refractivity contribution < 1.29 is 9.18 Å². The van der Waals surface area contributed by atoms with Crippen molar-refractivity contribution >= 4 is 33.8 Å². The van der Waals surface area contributed by atoms with Crippen molar-refractivity contribution in [2.45, 2.75) is 32.4 Å². The molecule has 0 saturated carbocycles. The molecule has 2 aromatic carbocycles. The molecule has 1 aliphatic heterocycles. The van der Waals surface area contributed by atoms with E-state index in [9.17, 15) is 14.0 Å². The number of carbonyl (C=O) groups excluding carboxylic acids is 1. The predicted molar refractivity (Wildman–Crippen MR) is 125 cm³/mol. The van der Waals surface area contributed by atoms with E-state index in [1.54, 1.807) is 29.3 Å². The minimum atomic E-state index is -0.368. The number of aromatic nitrogens is 4. The van der Waals surface area contributed by atoms with Crippen LogP contribution in [0.1, 0.15) is 24.1 Å². The minimum Gasteiger partial charge on any atom is -0.350 e. The van der Waals surface area contributed by atoms with Gasteiger partial charge in [0.1, 0.15) is 11.9 Å². The number of anilines is 1. The molecule has 1 atom stereocenters. The minimum absolute atomic E-state index is 0.0822. The Morgan fingerprint density at radius 3 is 2.73 bits per heavy atom. The molecule has 3 heterocycles. The molecular weight excluding hydrogens is 423 g/mol. The van der Waals surface area contributed by atoms with Gasteiger partial charge in [-0.15, -0.1) is 0 Å². The number of rotatable bonds is 4. The van der Waals surface area contributed by atoms with Crippen LogP contribution in [0.5, 0.6) is 0 Å². The standard InChI is InChI=1S/C24H25FN6O2/c1-14-17-12-16(25)7-8-18(17)28-23(27-14)31-10-4-5-20(31)22(32)26-13-15-6-9-19-21(11-15)30(3)24(33)29(19)2/h6-9,11-12,20H,4-5,10,13H2,1-3H3,(H,26,32). The fraction of sp³-hybridized carbons (Fsp3) is 0.333. The van der Waals surface area contributed by atoms with Gasteiger partial charge in [0, 0.05) is 32.6 Å². The summed E-state index contributed by atoms with van der Waals surface area (Å²) >= 11 is 0. The highest BCUT2D eigenvalue weighted by atomic mass is 19.1. The first-order valence-corrected chi connectivity index (χ1v) is 11.0. The molecule has 9 heteroatoms. The van der Waals surface area contributed by atoms with E-state index in [0.29, 0.717) is 42.1 Å². The molecule has 1 fully saturated rings. The molecule has 0 spiro atoms. The quantitative estimate of drug-likeness (QED) is 0.519. The number of aryl methyl sites for hydroxylation is 3. The van der Waals surface area contributed by atoms with Gasteiger partial charge in [0.05, 0.1) is 22.2 Å². The summed E-state index contributed by atoms with van der Waals surface area (Å²) in [6, 6.07) is 9.83. The molecular formula is C24H25FN6O2. The number of halogens is 1. The van der Waals surface area contributed by atoms with Gasteiger partial charge in [0.2, 0.25) is 11.9 Å². The monoisotopic (exact) mass is 448 g/mol. The first-order chi connectivity index (χ1) is 15.8. The Balaban J connectivity index is 1.35. The second-order valence-electron chi connectivity index (χ2n) is 8.56. The molecule has 0 aliphatic carbocycles. The summed E-state index contributed by atoms with van der Waals surface area (Å²) in [6.07, 6.45) is 1.57. The van der Waals surface area contributed by atoms with Crippen LogP contribution in [0.4, 0.5) is 10.3 Å².